The zero-order valence-corrected chi connectivity index (χ0v) is 16.0. The van der Waals surface area contributed by atoms with Gasteiger partial charge >= 0.3 is 5.97 Å². The summed E-state index contributed by atoms with van der Waals surface area (Å²) in [4.78, 5) is 26.5. The number of nitrogens with zero attached hydrogens (tertiary/aromatic N) is 1. The highest BCUT2D eigenvalue weighted by Gasteiger charge is 2.51. The molecule has 6 heteroatoms. The molecule has 146 valence electrons. The van der Waals surface area contributed by atoms with Crippen molar-refractivity contribution in [2.75, 3.05) is 19.7 Å². The summed E-state index contributed by atoms with van der Waals surface area (Å²) in [7, 11) is 0. The van der Waals surface area contributed by atoms with E-state index >= 15 is 0 Å². The second-order valence-electron chi connectivity index (χ2n) is 7.96. The first kappa shape index (κ1) is 19.5. The molecule has 1 aromatic carbocycles. The number of carbonyl (C=O) groups excluding carboxylic acids is 2. The fourth-order valence-electron chi connectivity index (χ4n) is 3.57. The van der Waals surface area contributed by atoms with Crippen LogP contribution in [-0.2, 0) is 20.9 Å². The molecular formula is C21H27FN2O3. The van der Waals surface area contributed by atoms with Crippen molar-refractivity contribution in [1.82, 2.24) is 4.90 Å². The summed E-state index contributed by atoms with van der Waals surface area (Å²) in [5.41, 5.74) is 6.10. The van der Waals surface area contributed by atoms with E-state index in [0.29, 0.717) is 17.7 Å². The number of likely N-dealkylation sites (tertiary alicyclic amines) is 1. The molecule has 0 aromatic heterocycles. The molecule has 1 amide bonds. The molecule has 1 saturated heterocycles. The molecule has 27 heavy (non-hydrogen) atoms. The molecular weight excluding hydrogens is 347 g/mol. The van der Waals surface area contributed by atoms with Crippen LogP contribution in [0.3, 0.4) is 0 Å². The van der Waals surface area contributed by atoms with E-state index in [1.165, 1.54) is 12.1 Å². The molecule has 1 heterocycles. The Hall–Kier alpha value is -2.21. The van der Waals surface area contributed by atoms with Crippen LogP contribution in [-0.4, -0.2) is 36.5 Å². The number of rotatable bonds is 7. The number of hydrogen-bond acceptors (Lipinski definition) is 4. The van der Waals surface area contributed by atoms with Crippen LogP contribution < -0.4 is 5.73 Å². The van der Waals surface area contributed by atoms with Gasteiger partial charge in [-0.25, -0.2) is 4.39 Å². The highest BCUT2D eigenvalue weighted by molar-refractivity contribution is 6.10. The van der Waals surface area contributed by atoms with Crippen molar-refractivity contribution in [2.24, 2.45) is 17.1 Å². The fraction of sp³-hybridized carbons (Fsp3) is 0.524. The normalized spacial score (nSPS) is 22.4. The van der Waals surface area contributed by atoms with Crippen molar-refractivity contribution in [3.8, 4) is 0 Å². The molecule has 0 spiro atoms. The maximum absolute atomic E-state index is 14.5. The van der Waals surface area contributed by atoms with Gasteiger partial charge in [0.1, 0.15) is 5.82 Å². The van der Waals surface area contributed by atoms with E-state index in [4.69, 9.17) is 10.5 Å². The lowest BCUT2D eigenvalue weighted by Gasteiger charge is -2.35. The smallest absolute Gasteiger partial charge is 0.325 e. The van der Waals surface area contributed by atoms with Gasteiger partial charge in [-0.1, -0.05) is 32.1 Å². The lowest BCUT2D eigenvalue weighted by atomic mass is 9.68. The van der Waals surface area contributed by atoms with E-state index in [1.54, 1.807) is 6.07 Å². The summed E-state index contributed by atoms with van der Waals surface area (Å²) in [5.74, 6) is -1.45. The van der Waals surface area contributed by atoms with Crippen LogP contribution in [0, 0.1) is 17.2 Å². The van der Waals surface area contributed by atoms with E-state index in [9.17, 15) is 14.0 Å². The maximum atomic E-state index is 14.5. The standard InChI is InChI=1S/C21H27FN2O3/c1-14(2)13-27-20(26)21(19(23)25)10-17(11-21)15-5-6-16(18(22)9-15)12-24-7-3-4-8-24/h5-6,9-10,14H,3-4,7-8,11-13H2,1-2H3,(H2,23,25). The first-order chi connectivity index (χ1) is 12.8. The number of halogens is 1. The van der Waals surface area contributed by atoms with E-state index in [-0.39, 0.29) is 24.8 Å². The van der Waals surface area contributed by atoms with Crippen molar-refractivity contribution in [2.45, 2.75) is 39.7 Å². The highest BCUT2D eigenvalue weighted by Crippen LogP contribution is 2.45. The van der Waals surface area contributed by atoms with Crippen LogP contribution in [0.2, 0.25) is 0 Å². The van der Waals surface area contributed by atoms with Gasteiger partial charge in [-0.05, 0) is 49.1 Å². The van der Waals surface area contributed by atoms with Crippen LogP contribution in [0.5, 0.6) is 0 Å². The van der Waals surface area contributed by atoms with Gasteiger partial charge in [0.25, 0.3) is 0 Å². The summed E-state index contributed by atoms with van der Waals surface area (Å²) < 4.78 is 19.7. The third-order valence-electron chi connectivity index (χ3n) is 5.26. The van der Waals surface area contributed by atoms with Crippen molar-refractivity contribution < 1.29 is 18.7 Å². The third kappa shape index (κ3) is 4.05. The number of nitrogens with two attached hydrogens (primary N) is 1. The third-order valence-corrected chi connectivity index (χ3v) is 5.26. The van der Waals surface area contributed by atoms with Gasteiger partial charge in [0.15, 0.2) is 5.41 Å². The average molecular weight is 374 g/mol. The molecule has 5 nitrogen and oxygen atoms in total. The number of hydrogen-bond donors (Lipinski definition) is 1. The molecule has 0 bridgehead atoms. The van der Waals surface area contributed by atoms with Crippen LogP contribution in [0.4, 0.5) is 4.39 Å². The molecule has 1 aliphatic heterocycles. The Labute approximate surface area is 159 Å². The van der Waals surface area contributed by atoms with Crippen LogP contribution >= 0.6 is 0 Å². The maximum Gasteiger partial charge on any atom is 0.325 e. The van der Waals surface area contributed by atoms with E-state index < -0.39 is 17.3 Å². The van der Waals surface area contributed by atoms with E-state index in [2.05, 4.69) is 4.90 Å². The van der Waals surface area contributed by atoms with Crippen LogP contribution in [0.15, 0.2) is 24.3 Å². The van der Waals surface area contributed by atoms with Crippen LogP contribution in [0.1, 0.15) is 44.2 Å². The number of carbonyl (C=O) groups is 2. The summed E-state index contributed by atoms with van der Waals surface area (Å²) in [6.07, 6.45) is 3.99. The Bertz CT molecular complexity index is 769. The quantitative estimate of drug-likeness (QED) is 0.588. The highest BCUT2D eigenvalue weighted by atomic mass is 19.1. The number of amides is 1. The molecule has 1 fully saturated rings. The molecule has 0 radical (unpaired) electrons. The minimum absolute atomic E-state index is 0.143. The minimum Gasteiger partial charge on any atom is -0.464 e. The second kappa shape index (κ2) is 7.80. The molecule has 1 atom stereocenters. The molecule has 1 aliphatic carbocycles. The lowest BCUT2D eigenvalue weighted by molar-refractivity contribution is -0.158. The zero-order chi connectivity index (χ0) is 19.6. The van der Waals surface area contributed by atoms with Crippen molar-refractivity contribution in [3.63, 3.8) is 0 Å². The van der Waals surface area contributed by atoms with Gasteiger partial charge in [-0.15, -0.1) is 0 Å². The minimum atomic E-state index is -1.44. The Kier molecular flexibility index (Phi) is 5.65. The summed E-state index contributed by atoms with van der Waals surface area (Å²) >= 11 is 0. The van der Waals surface area contributed by atoms with Crippen molar-refractivity contribution in [3.05, 3.63) is 41.2 Å². The molecule has 3 rings (SSSR count). The molecule has 2 aliphatic rings. The first-order valence-electron chi connectivity index (χ1n) is 9.52. The molecule has 1 aromatic rings. The van der Waals surface area contributed by atoms with E-state index in [1.807, 2.05) is 19.9 Å². The predicted molar refractivity (Wildman–Crippen MR) is 101 cm³/mol. The Morgan fingerprint density at radius 1 is 1.30 bits per heavy atom. The Balaban J connectivity index is 1.74. The summed E-state index contributed by atoms with van der Waals surface area (Å²) in [6.45, 7) is 6.68. The van der Waals surface area contributed by atoms with E-state index in [0.717, 1.165) is 31.5 Å². The Morgan fingerprint density at radius 2 is 1.96 bits per heavy atom. The van der Waals surface area contributed by atoms with Gasteiger partial charge in [0.2, 0.25) is 5.91 Å². The second-order valence-corrected chi connectivity index (χ2v) is 7.96. The summed E-state index contributed by atoms with van der Waals surface area (Å²) in [5, 5.41) is 0. The molecule has 2 N–H and O–H groups in total. The van der Waals surface area contributed by atoms with Gasteiger partial charge in [0, 0.05) is 18.5 Å². The average Bonchev–Trinajstić information content (AvgIpc) is 3.07. The van der Waals surface area contributed by atoms with Gasteiger partial charge in [-0.2, -0.15) is 0 Å². The largest absolute Gasteiger partial charge is 0.464 e. The first-order valence-corrected chi connectivity index (χ1v) is 9.52. The molecule has 1 unspecified atom stereocenters. The number of allylic oxidation sites excluding steroid dienone is 1. The number of primary amides is 1. The van der Waals surface area contributed by atoms with Gasteiger partial charge in [0.05, 0.1) is 6.61 Å². The topological polar surface area (TPSA) is 72.6 Å². The fourth-order valence-corrected chi connectivity index (χ4v) is 3.57. The zero-order valence-electron chi connectivity index (χ0n) is 16.0. The molecule has 0 saturated carbocycles. The van der Waals surface area contributed by atoms with Crippen LogP contribution in [0.25, 0.3) is 5.57 Å². The lowest BCUT2D eigenvalue weighted by Crippen LogP contribution is -2.48. The Morgan fingerprint density at radius 3 is 2.52 bits per heavy atom. The van der Waals surface area contributed by atoms with Crippen molar-refractivity contribution >= 4 is 17.4 Å². The number of esters is 1. The monoisotopic (exact) mass is 374 g/mol. The van der Waals surface area contributed by atoms with Gasteiger partial charge < -0.3 is 10.5 Å². The summed E-state index contributed by atoms with van der Waals surface area (Å²) in [6, 6.07) is 5.09. The van der Waals surface area contributed by atoms with Crippen molar-refractivity contribution in [1.29, 1.82) is 0 Å². The number of benzene rings is 1. The SMILES string of the molecule is CC(C)COC(=O)C1(C(N)=O)C=C(c2ccc(CN3CCCC3)c(F)c2)C1. The predicted octanol–water partition coefficient (Wildman–Crippen LogP) is 2.88. The van der Waals surface area contributed by atoms with Gasteiger partial charge in [-0.3, -0.25) is 14.5 Å². The number of ether oxygens (including phenoxy) is 1.